The summed E-state index contributed by atoms with van der Waals surface area (Å²) >= 11 is 0. The van der Waals surface area contributed by atoms with Crippen molar-refractivity contribution in [1.82, 2.24) is 4.90 Å². The van der Waals surface area contributed by atoms with Gasteiger partial charge in [-0.25, -0.2) is 0 Å². The highest BCUT2D eigenvalue weighted by Gasteiger charge is 2.47. The van der Waals surface area contributed by atoms with Crippen molar-refractivity contribution < 1.29 is 22.8 Å². The summed E-state index contributed by atoms with van der Waals surface area (Å²) in [7, 11) is 0. The molecule has 0 aliphatic carbocycles. The molecule has 1 aromatic rings. The lowest BCUT2D eigenvalue weighted by Crippen LogP contribution is -2.48. The molecule has 1 unspecified atom stereocenters. The molecule has 0 radical (unpaired) electrons. The quantitative estimate of drug-likeness (QED) is 0.907. The Morgan fingerprint density at radius 2 is 1.64 bits per heavy atom. The van der Waals surface area contributed by atoms with Crippen LogP contribution in [-0.4, -0.2) is 48.6 Å². The van der Waals surface area contributed by atoms with Gasteiger partial charge in [-0.05, 0) is 49.9 Å². The van der Waals surface area contributed by atoms with Crippen molar-refractivity contribution in [3.05, 3.63) is 24.3 Å². The minimum absolute atomic E-state index is 0.0513. The molecule has 2 amide bonds. The van der Waals surface area contributed by atoms with Crippen LogP contribution < -0.4 is 10.2 Å². The number of hydrogen-bond donors (Lipinski definition) is 1. The third-order valence-electron chi connectivity index (χ3n) is 4.66. The molecule has 1 aromatic carbocycles. The van der Waals surface area contributed by atoms with Crippen LogP contribution in [0.2, 0.25) is 0 Å². The predicted octanol–water partition coefficient (Wildman–Crippen LogP) is 2.78. The first-order chi connectivity index (χ1) is 11.9. The summed E-state index contributed by atoms with van der Waals surface area (Å²) in [6.45, 7) is 1.95. The number of anilines is 2. The van der Waals surface area contributed by atoms with Gasteiger partial charge in [-0.3, -0.25) is 9.59 Å². The van der Waals surface area contributed by atoms with Crippen LogP contribution in [0.1, 0.15) is 25.7 Å². The summed E-state index contributed by atoms with van der Waals surface area (Å²) in [6, 6.07) is 6.15. The molecule has 0 bridgehead atoms. The zero-order valence-electron chi connectivity index (χ0n) is 13.7. The van der Waals surface area contributed by atoms with E-state index >= 15 is 0 Å². The first-order valence-corrected chi connectivity index (χ1v) is 8.40. The standard InChI is InChI=1S/C17H20F3N3O2/c18-17(19,20)16(25)23-11-3-4-14(23)15(24)21-12-5-7-13(8-6-12)22-9-1-2-10-22/h5-8,14H,1-4,9-11H2,(H,21,24). The molecule has 5 nitrogen and oxygen atoms in total. The number of nitrogens with one attached hydrogen (secondary N) is 1. The van der Waals surface area contributed by atoms with Gasteiger partial charge in [0.2, 0.25) is 5.91 Å². The fourth-order valence-electron chi connectivity index (χ4n) is 3.40. The number of alkyl halides is 3. The summed E-state index contributed by atoms with van der Waals surface area (Å²) in [5, 5.41) is 2.62. The van der Waals surface area contributed by atoms with Crippen molar-refractivity contribution in [2.24, 2.45) is 0 Å². The van der Waals surface area contributed by atoms with E-state index in [2.05, 4.69) is 10.2 Å². The molecule has 2 fully saturated rings. The Kier molecular flexibility index (Phi) is 4.87. The lowest BCUT2D eigenvalue weighted by atomic mass is 10.2. The molecule has 136 valence electrons. The third-order valence-corrected chi connectivity index (χ3v) is 4.66. The molecule has 3 rings (SSSR count). The van der Waals surface area contributed by atoms with Crippen molar-refractivity contribution in [3.8, 4) is 0 Å². The van der Waals surface area contributed by atoms with E-state index in [4.69, 9.17) is 0 Å². The van der Waals surface area contributed by atoms with Crippen molar-refractivity contribution in [3.63, 3.8) is 0 Å². The van der Waals surface area contributed by atoms with Gasteiger partial charge in [0.25, 0.3) is 0 Å². The highest BCUT2D eigenvalue weighted by molar-refractivity contribution is 5.98. The van der Waals surface area contributed by atoms with Gasteiger partial charge < -0.3 is 15.1 Å². The average Bonchev–Trinajstić information content (AvgIpc) is 3.25. The van der Waals surface area contributed by atoms with E-state index in [1.807, 2.05) is 12.1 Å². The Balaban J connectivity index is 1.64. The second-order valence-corrected chi connectivity index (χ2v) is 6.38. The summed E-state index contributed by atoms with van der Waals surface area (Å²) in [6.07, 6.45) is -2.03. The molecule has 0 aromatic heterocycles. The van der Waals surface area contributed by atoms with E-state index in [1.54, 1.807) is 12.1 Å². The molecule has 2 saturated heterocycles. The fraction of sp³-hybridized carbons (Fsp3) is 0.529. The molecule has 1 atom stereocenters. The maximum atomic E-state index is 12.6. The lowest BCUT2D eigenvalue weighted by molar-refractivity contribution is -0.186. The van der Waals surface area contributed by atoms with Crippen LogP contribution in [0.15, 0.2) is 24.3 Å². The van der Waals surface area contributed by atoms with E-state index in [-0.39, 0.29) is 13.0 Å². The molecule has 1 N–H and O–H groups in total. The number of benzene rings is 1. The Morgan fingerprint density at radius 1 is 1.00 bits per heavy atom. The summed E-state index contributed by atoms with van der Waals surface area (Å²) in [4.78, 5) is 26.6. The van der Waals surface area contributed by atoms with Crippen molar-refractivity contribution in [2.45, 2.75) is 37.9 Å². The van der Waals surface area contributed by atoms with E-state index in [0.29, 0.717) is 17.0 Å². The van der Waals surface area contributed by atoms with E-state index in [1.165, 1.54) is 0 Å². The van der Waals surface area contributed by atoms with Crippen LogP contribution in [0.3, 0.4) is 0 Å². The Labute approximate surface area is 143 Å². The van der Waals surface area contributed by atoms with Crippen molar-refractivity contribution in [2.75, 3.05) is 29.9 Å². The van der Waals surface area contributed by atoms with Gasteiger partial charge in [0.1, 0.15) is 6.04 Å². The molecule has 25 heavy (non-hydrogen) atoms. The predicted molar refractivity (Wildman–Crippen MR) is 87.3 cm³/mol. The van der Waals surface area contributed by atoms with Crippen LogP contribution in [0, 0.1) is 0 Å². The Morgan fingerprint density at radius 3 is 2.24 bits per heavy atom. The van der Waals surface area contributed by atoms with Gasteiger partial charge in [0.05, 0.1) is 0 Å². The van der Waals surface area contributed by atoms with Gasteiger partial charge in [0, 0.05) is 31.0 Å². The molecular formula is C17H20F3N3O2. The lowest BCUT2D eigenvalue weighted by Gasteiger charge is -2.25. The van der Waals surface area contributed by atoms with Crippen molar-refractivity contribution in [1.29, 1.82) is 0 Å². The number of likely N-dealkylation sites (tertiary alicyclic amines) is 1. The smallest absolute Gasteiger partial charge is 0.372 e. The summed E-state index contributed by atoms with van der Waals surface area (Å²) in [5.41, 5.74) is 1.57. The van der Waals surface area contributed by atoms with Crippen LogP contribution in [0.4, 0.5) is 24.5 Å². The molecule has 2 aliphatic heterocycles. The van der Waals surface area contributed by atoms with E-state index in [0.717, 1.165) is 31.6 Å². The van der Waals surface area contributed by atoms with Crippen LogP contribution in [-0.2, 0) is 9.59 Å². The number of carbonyl (C=O) groups is 2. The fourth-order valence-corrected chi connectivity index (χ4v) is 3.40. The third kappa shape index (κ3) is 3.88. The molecule has 2 heterocycles. The zero-order valence-corrected chi connectivity index (χ0v) is 13.7. The maximum Gasteiger partial charge on any atom is 0.471 e. The second-order valence-electron chi connectivity index (χ2n) is 6.38. The number of amides is 2. The number of halogens is 3. The molecule has 8 heteroatoms. The maximum absolute atomic E-state index is 12.6. The van der Waals surface area contributed by atoms with Crippen molar-refractivity contribution >= 4 is 23.2 Å². The van der Waals surface area contributed by atoms with Gasteiger partial charge in [-0.1, -0.05) is 0 Å². The SMILES string of the molecule is O=C(Nc1ccc(N2CCCC2)cc1)C1CCCN1C(=O)C(F)(F)F. The number of carbonyl (C=O) groups excluding carboxylic acids is 2. The average molecular weight is 355 g/mol. The molecule has 0 spiro atoms. The normalized spacial score (nSPS) is 20.8. The van der Waals surface area contributed by atoms with Crippen LogP contribution >= 0.6 is 0 Å². The molecular weight excluding hydrogens is 335 g/mol. The monoisotopic (exact) mass is 355 g/mol. The topological polar surface area (TPSA) is 52.7 Å². The summed E-state index contributed by atoms with van der Waals surface area (Å²) < 4.78 is 37.9. The number of nitrogens with zero attached hydrogens (tertiary/aromatic N) is 2. The zero-order chi connectivity index (χ0) is 18.0. The molecule has 0 saturated carbocycles. The largest absolute Gasteiger partial charge is 0.471 e. The number of rotatable bonds is 3. The highest BCUT2D eigenvalue weighted by atomic mass is 19.4. The second kappa shape index (κ2) is 6.93. The van der Waals surface area contributed by atoms with Crippen LogP contribution in [0.5, 0.6) is 0 Å². The minimum atomic E-state index is -4.96. The molecule has 2 aliphatic rings. The Bertz CT molecular complexity index is 640. The van der Waals surface area contributed by atoms with Crippen LogP contribution in [0.25, 0.3) is 0 Å². The van der Waals surface area contributed by atoms with Gasteiger partial charge in [0.15, 0.2) is 0 Å². The number of hydrogen-bond acceptors (Lipinski definition) is 3. The van der Waals surface area contributed by atoms with Gasteiger partial charge >= 0.3 is 12.1 Å². The minimum Gasteiger partial charge on any atom is -0.372 e. The van der Waals surface area contributed by atoms with E-state index < -0.39 is 24.0 Å². The Hall–Kier alpha value is -2.25. The van der Waals surface area contributed by atoms with Gasteiger partial charge in [-0.15, -0.1) is 0 Å². The highest BCUT2D eigenvalue weighted by Crippen LogP contribution is 2.27. The van der Waals surface area contributed by atoms with E-state index in [9.17, 15) is 22.8 Å². The first-order valence-electron chi connectivity index (χ1n) is 8.40. The van der Waals surface area contributed by atoms with Gasteiger partial charge in [-0.2, -0.15) is 13.2 Å². The first kappa shape index (κ1) is 17.6. The summed E-state index contributed by atoms with van der Waals surface area (Å²) in [5.74, 6) is -2.53.